The van der Waals surface area contributed by atoms with Crippen LogP contribution in [-0.2, 0) is 6.42 Å². The van der Waals surface area contributed by atoms with E-state index in [9.17, 15) is 0 Å². The smallest absolute Gasteiger partial charge is 0.0538 e. The SMILES string of the molecule is C=C/C=C\C(=C/C)c1ccc(-n2c3c(c4cc(/C(=C/CN(C5=C(C)C=CCC5)C(C)/C=C(\C=C(/C)c5ccccc5)c5ccccc5)CCC=C)ccc42)C=CCC3)cc1. The summed E-state index contributed by atoms with van der Waals surface area (Å²) in [4.78, 5) is 2.64. The largest absolute Gasteiger partial charge is 0.365 e. The van der Waals surface area contributed by atoms with Crippen molar-refractivity contribution in [3.63, 3.8) is 0 Å². The monoisotopic (exact) mass is 784 g/mol. The van der Waals surface area contributed by atoms with Gasteiger partial charge in [0.05, 0.1) is 5.52 Å². The van der Waals surface area contributed by atoms with E-state index in [-0.39, 0.29) is 6.04 Å². The first-order valence-corrected chi connectivity index (χ1v) is 21.7. The minimum atomic E-state index is 0.148. The zero-order valence-corrected chi connectivity index (χ0v) is 36.1. The molecule has 0 amide bonds. The molecule has 0 spiro atoms. The molecule has 60 heavy (non-hydrogen) atoms. The van der Waals surface area contributed by atoms with Crippen LogP contribution in [0.15, 0.2) is 194 Å². The third-order valence-corrected chi connectivity index (χ3v) is 12.0. The molecule has 0 aliphatic heterocycles. The number of hydrogen-bond acceptors (Lipinski definition) is 1. The van der Waals surface area contributed by atoms with E-state index in [1.807, 2.05) is 12.2 Å². The standard InChI is InChI=1S/C58H60N2/c1-7-10-23-46(9-3)50-32-35-53(36-33-50)60-57-31-21-19-29-54(57)55-42-51(34-37-58(55)60)49(24-11-8-2)38-39-59(56-30-20-18-22-43(56)4)45(6)41-52(48-27-16-13-17-28-48)40-44(5)47-25-14-12-15-26-47/h7-10,12-19,22-23,25-29,32-38,40-42,45H,1-2,11,20-21,24,30-31,39H2,3-6H3/b23-10-,44-40+,46-9+,49-38+,52-41+. The molecule has 1 atom stereocenters. The maximum atomic E-state index is 4.13. The maximum absolute atomic E-state index is 4.13. The van der Waals surface area contributed by atoms with Crippen molar-refractivity contribution in [1.29, 1.82) is 0 Å². The summed E-state index contributed by atoms with van der Waals surface area (Å²) >= 11 is 0. The van der Waals surface area contributed by atoms with Gasteiger partial charge >= 0.3 is 0 Å². The van der Waals surface area contributed by atoms with E-state index in [0.717, 1.165) is 45.1 Å². The lowest BCUT2D eigenvalue weighted by Gasteiger charge is -2.34. The molecule has 0 bridgehead atoms. The molecule has 2 aliphatic carbocycles. The minimum Gasteiger partial charge on any atom is -0.365 e. The molecule has 2 heteroatoms. The van der Waals surface area contributed by atoms with Crippen LogP contribution in [0.4, 0.5) is 0 Å². The fourth-order valence-corrected chi connectivity index (χ4v) is 8.77. The van der Waals surface area contributed by atoms with E-state index in [1.54, 1.807) is 0 Å². The molecule has 7 rings (SSSR count). The summed E-state index contributed by atoms with van der Waals surface area (Å²) in [6.07, 6.45) is 32.8. The second kappa shape index (κ2) is 20.1. The van der Waals surface area contributed by atoms with E-state index in [1.165, 1.54) is 83.7 Å². The highest BCUT2D eigenvalue weighted by Gasteiger charge is 2.22. The molecule has 5 aromatic rings. The third kappa shape index (κ3) is 9.56. The van der Waals surface area contributed by atoms with Gasteiger partial charge in [0.1, 0.15) is 0 Å². The highest BCUT2D eigenvalue weighted by atomic mass is 15.2. The molecule has 302 valence electrons. The van der Waals surface area contributed by atoms with Crippen LogP contribution in [0.3, 0.4) is 0 Å². The summed E-state index contributed by atoms with van der Waals surface area (Å²) in [5.41, 5.74) is 18.0. The topological polar surface area (TPSA) is 8.17 Å². The normalized spacial score (nSPS) is 15.5. The quantitative estimate of drug-likeness (QED) is 0.0715. The molecule has 0 saturated heterocycles. The first kappa shape index (κ1) is 41.8. The lowest BCUT2D eigenvalue weighted by Crippen LogP contribution is -2.33. The van der Waals surface area contributed by atoms with Crippen molar-refractivity contribution in [3.8, 4) is 5.69 Å². The van der Waals surface area contributed by atoms with E-state index >= 15 is 0 Å². The van der Waals surface area contributed by atoms with Crippen molar-refractivity contribution in [2.45, 2.75) is 72.3 Å². The minimum absolute atomic E-state index is 0.148. The summed E-state index contributed by atoms with van der Waals surface area (Å²) in [7, 11) is 0. The van der Waals surface area contributed by atoms with Crippen molar-refractivity contribution in [2.24, 2.45) is 0 Å². The molecule has 1 unspecified atom stereocenters. The average Bonchev–Trinajstić information content (AvgIpc) is 3.62. The first-order chi connectivity index (χ1) is 29.4. The van der Waals surface area contributed by atoms with E-state index < -0.39 is 0 Å². The predicted octanol–water partition coefficient (Wildman–Crippen LogP) is 15.6. The fraction of sp³-hybridized carbons (Fsp3) is 0.207. The Labute approximate surface area is 359 Å². The lowest BCUT2D eigenvalue weighted by molar-refractivity contribution is 0.323. The van der Waals surface area contributed by atoms with E-state index in [4.69, 9.17) is 0 Å². The zero-order valence-electron chi connectivity index (χ0n) is 36.1. The molecule has 2 aliphatic rings. The second-order valence-corrected chi connectivity index (χ2v) is 16.0. The van der Waals surface area contributed by atoms with Crippen LogP contribution in [0.25, 0.3) is 45.0 Å². The Kier molecular flexibility index (Phi) is 14.0. The van der Waals surface area contributed by atoms with Gasteiger partial charge in [0.2, 0.25) is 0 Å². The molecule has 1 aromatic heterocycles. The Bertz CT molecular complexity index is 2560. The molecule has 0 fully saturated rings. The maximum Gasteiger partial charge on any atom is 0.0538 e. The summed E-state index contributed by atoms with van der Waals surface area (Å²) in [5, 5.41) is 1.31. The molecular weight excluding hydrogens is 725 g/mol. The molecule has 0 radical (unpaired) electrons. The van der Waals surface area contributed by atoms with Crippen molar-refractivity contribution < 1.29 is 0 Å². The van der Waals surface area contributed by atoms with Crippen molar-refractivity contribution in [2.75, 3.05) is 6.54 Å². The number of nitrogens with zero attached hydrogens (tertiary/aromatic N) is 2. The number of allylic oxidation sites excluding steroid dienone is 15. The van der Waals surface area contributed by atoms with Crippen molar-refractivity contribution >= 4 is 39.3 Å². The molecule has 0 N–H and O–H groups in total. The molecular formula is C58H60N2. The van der Waals surface area contributed by atoms with Gasteiger partial charge in [-0.15, -0.1) is 6.58 Å². The van der Waals surface area contributed by atoms with Gasteiger partial charge in [0, 0.05) is 40.6 Å². The zero-order chi connectivity index (χ0) is 41.8. The number of aromatic nitrogens is 1. The number of rotatable bonds is 16. The van der Waals surface area contributed by atoms with Gasteiger partial charge in [-0.05, 0) is 141 Å². The van der Waals surface area contributed by atoms with Crippen LogP contribution in [0.2, 0.25) is 0 Å². The van der Waals surface area contributed by atoms with Crippen LogP contribution < -0.4 is 0 Å². The van der Waals surface area contributed by atoms with Crippen LogP contribution in [0, 0.1) is 0 Å². The van der Waals surface area contributed by atoms with Crippen LogP contribution in [-0.4, -0.2) is 22.1 Å². The number of hydrogen-bond donors (Lipinski definition) is 0. The van der Waals surface area contributed by atoms with E-state index in [2.05, 4.69) is 214 Å². The Hall–Kier alpha value is -6.38. The van der Waals surface area contributed by atoms with Gasteiger partial charge in [-0.3, -0.25) is 0 Å². The Morgan fingerprint density at radius 2 is 1.48 bits per heavy atom. The van der Waals surface area contributed by atoms with Gasteiger partial charge in [-0.1, -0.05) is 158 Å². The lowest BCUT2D eigenvalue weighted by atomic mass is 9.95. The number of benzene rings is 4. The fourth-order valence-electron chi connectivity index (χ4n) is 8.77. The molecule has 0 saturated carbocycles. The summed E-state index contributed by atoms with van der Waals surface area (Å²) < 4.78 is 2.49. The summed E-state index contributed by atoms with van der Waals surface area (Å²) in [6, 6.07) is 37.9. The second-order valence-electron chi connectivity index (χ2n) is 16.0. The van der Waals surface area contributed by atoms with Gasteiger partial charge in [0.15, 0.2) is 0 Å². The number of fused-ring (bicyclic) bond motifs is 3. The van der Waals surface area contributed by atoms with Gasteiger partial charge < -0.3 is 9.47 Å². The summed E-state index contributed by atoms with van der Waals surface area (Å²) in [5.74, 6) is 0. The Balaban J connectivity index is 1.28. The van der Waals surface area contributed by atoms with Crippen LogP contribution in [0.5, 0.6) is 0 Å². The molecule has 4 aromatic carbocycles. The van der Waals surface area contributed by atoms with Crippen LogP contribution >= 0.6 is 0 Å². The highest BCUT2D eigenvalue weighted by molar-refractivity contribution is 5.95. The first-order valence-electron chi connectivity index (χ1n) is 21.7. The van der Waals surface area contributed by atoms with E-state index in [0.29, 0.717) is 0 Å². The van der Waals surface area contributed by atoms with Crippen molar-refractivity contribution in [1.82, 2.24) is 9.47 Å². The predicted molar refractivity (Wildman–Crippen MR) is 263 cm³/mol. The Morgan fingerprint density at radius 3 is 2.18 bits per heavy atom. The summed E-state index contributed by atoms with van der Waals surface area (Å²) in [6.45, 7) is 17.7. The van der Waals surface area contributed by atoms with Gasteiger partial charge in [-0.25, -0.2) is 0 Å². The Morgan fingerprint density at radius 1 is 0.800 bits per heavy atom. The van der Waals surface area contributed by atoms with Crippen molar-refractivity contribution in [3.05, 3.63) is 228 Å². The third-order valence-electron chi connectivity index (χ3n) is 12.0. The highest BCUT2D eigenvalue weighted by Crippen LogP contribution is 2.37. The van der Waals surface area contributed by atoms with Gasteiger partial charge in [0.25, 0.3) is 0 Å². The molecule has 1 heterocycles. The van der Waals surface area contributed by atoms with Crippen LogP contribution in [0.1, 0.15) is 93.3 Å². The molecule has 2 nitrogen and oxygen atoms in total. The van der Waals surface area contributed by atoms with Gasteiger partial charge in [-0.2, -0.15) is 0 Å². The average molecular weight is 785 g/mol.